The second-order valence-electron chi connectivity index (χ2n) is 8.84. The molecule has 0 aliphatic carbocycles. The van der Waals surface area contributed by atoms with Gasteiger partial charge in [0.1, 0.15) is 17.7 Å². The normalized spacial score (nSPS) is 16.2. The van der Waals surface area contributed by atoms with E-state index in [1.165, 1.54) is 35.3 Å². The summed E-state index contributed by atoms with van der Waals surface area (Å²) in [6.07, 6.45) is -0.858. The third kappa shape index (κ3) is 7.77. The van der Waals surface area contributed by atoms with Gasteiger partial charge in [-0.3, -0.25) is 4.90 Å². The summed E-state index contributed by atoms with van der Waals surface area (Å²) in [6, 6.07) is 5.35. The van der Waals surface area contributed by atoms with Gasteiger partial charge in [0, 0.05) is 25.7 Å². The molecule has 2 aromatic rings. The zero-order valence-corrected chi connectivity index (χ0v) is 19.0. The fraction of sp³-hybridized carbons (Fsp3) is 0.500. The first-order chi connectivity index (χ1) is 15.4. The Morgan fingerprint density at radius 2 is 1.91 bits per heavy atom. The zero-order chi connectivity index (χ0) is 24.2. The molecule has 180 valence electrons. The molecule has 1 N–H and O–H groups in total. The van der Waals surface area contributed by atoms with E-state index in [0.717, 1.165) is 18.5 Å². The average molecular weight is 467 g/mol. The molecule has 1 aromatic carbocycles. The van der Waals surface area contributed by atoms with Crippen molar-refractivity contribution in [3.05, 3.63) is 42.5 Å². The van der Waals surface area contributed by atoms with Crippen LogP contribution in [0.1, 0.15) is 39.9 Å². The minimum absolute atomic E-state index is 0.0727. The van der Waals surface area contributed by atoms with E-state index in [1.54, 1.807) is 0 Å². The molecule has 0 saturated carbocycles. The maximum absolute atomic E-state index is 12.3. The maximum atomic E-state index is 12.3. The number of rotatable bonds is 6. The van der Waals surface area contributed by atoms with Gasteiger partial charge in [-0.25, -0.2) is 14.5 Å². The minimum atomic E-state index is -4.73. The van der Waals surface area contributed by atoms with Crippen molar-refractivity contribution in [2.45, 2.75) is 52.1 Å². The highest BCUT2D eigenvalue weighted by Crippen LogP contribution is 2.24. The van der Waals surface area contributed by atoms with Crippen molar-refractivity contribution >= 4 is 11.7 Å². The number of hydrogen-bond donors (Lipinski definition) is 1. The second kappa shape index (κ2) is 9.82. The van der Waals surface area contributed by atoms with Crippen LogP contribution >= 0.6 is 0 Å². The number of carbonyl (C=O) groups is 1. The van der Waals surface area contributed by atoms with Crippen LogP contribution < -0.4 is 10.1 Å². The Balaban J connectivity index is 1.54. The fourth-order valence-electron chi connectivity index (χ4n) is 3.36. The Morgan fingerprint density at radius 3 is 2.48 bits per heavy atom. The van der Waals surface area contributed by atoms with Crippen molar-refractivity contribution in [2.75, 3.05) is 19.6 Å². The van der Waals surface area contributed by atoms with Crippen LogP contribution in [-0.4, -0.2) is 63.4 Å². The molecule has 33 heavy (non-hydrogen) atoms. The summed E-state index contributed by atoms with van der Waals surface area (Å²) in [4.78, 5) is 18.5. The number of halogens is 3. The van der Waals surface area contributed by atoms with E-state index in [9.17, 15) is 18.0 Å². The number of alkyl carbamates (subject to hydrolysis) is 1. The first kappa shape index (κ1) is 24.6. The quantitative estimate of drug-likeness (QED) is 0.687. The van der Waals surface area contributed by atoms with Crippen LogP contribution in [0.2, 0.25) is 0 Å². The molecular weight excluding hydrogens is 439 g/mol. The number of ether oxygens (including phenoxy) is 2. The van der Waals surface area contributed by atoms with Crippen molar-refractivity contribution in [3.63, 3.8) is 0 Å². The van der Waals surface area contributed by atoms with E-state index in [0.29, 0.717) is 24.6 Å². The van der Waals surface area contributed by atoms with E-state index in [2.05, 4.69) is 25.0 Å². The lowest BCUT2D eigenvalue weighted by Crippen LogP contribution is -2.44. The Morgan fingerprint density at radius 1 is 1.21 bits per heavy atom. The highest BCUT2D eigenvalue weighted by molar-refractivity contribution is 5.68. The SMILES string of the molecule is CC(CN1CC=C(c2ncn(-c3ccc(OC(F)(F)F)cc3)n2)CC1)NC(=O)OC(C)(C)C. The molecule has 1 unspecified atom stereocenters. The van der Waals surface area contributed by atoms with E-state index in [-0.39, 0.29) is 11.8 Å². The van der Waals surface area contributed by atoms with Gasteiger partial charge >= 0.3 is 12.5 Å². The number of alkyl halides is 3. The summed E-state index contributed by atoms with van der Waals surface area (Å²) in [5.74, 6) is 0.280. The Hall–Kier alpha value is -3.08. The predicted octanol–water partition coefficient (Wildman–Crippen LogP) is 4.17. The van der Waals surface area contributed by atoms with Crippen molar-refractivity contribution in [3.8, 4) is 11.4 Å². The third-order valence-electron chi connectivity index (χ3n) is 4.70. The van der Waals surface area contributed by atoms with Crippen LogP contribution in [0, 0.1) is 0 Å². The van der Waals surface area contributed by atoms with Crippen LogP contribution in [-0.2, 0) is 4.74 Å². The number of benzene rings is 1. The molecule has 2 heterocycles. The molecule has 11 heteroatoms. The first-order valence-corrected chi connectivity index (χ1v) is 10.6. The van der Waals surface area contributed by atoms with Crippen LogP contribution in [0.5, 0.6) is 5.75 Å². The van der Waals surface area contributed by atoms with Gasteiger partial charge in [0.15, 0.2) is 5.82 Å². The molecule has 0 fully saturated rings. The van der Waals surface area contributed by atoms with Gasteiger partial charge in [0.05, 0.1) is 5.69 Å². The Bertz CT molecular complexity index is 980. The van der Waals surface area contributed by atoms with E-state index in [4.69, 9.17) is 4.74 Å². The summed E-state index contributed by atoms with van der Waals surface area (Å²) in [5, 5.41) is 7.29. The van der Waals surface area contributed by atoms with E-state index in [1.807, 2.05) is 33.8 Å². The molecule has 0 saturated heterocycles. The molecule has 3 rings (SSSR count). The second-order valence-corrected chi connectivity index (χ2v) is 8.84. The molecule has 1 aliphatic heterocycles. The topological polar surface area (TPSA) is 81.5 Å². The Kier molecular flexibility index (Phi) is 7.31. The fourth-order valence-corrected chi connectivity index (χ4v) is 3.36. The number of carbonyl (C=O) groups excluding carboxylic acids is 1. The summed E-state index contributed by atoms with van der Waals surface area (Å²) in [7, 11) is 0. The zero-order valence-electron chi connectivity index (χ0n) is 19.0. The number of amides is 1. The van der Waals surface area contributed by atoms with Crippen LogP contribution in [0.3, 0.4) is 0 Å². The molecule has 1 aliphatic rings. The van der Waals surface area contributed by atoms with E-state index < -0.39 is 18.1 Å². The summed E-state index contributed by atoms with van der Waals surface area (Å²) in [5.41, 5.74) is 1.03. The van der Waals surface area contributed by atoms with Crippen LogP contribution in [0.4, 0.5) is 18.0 Å². The van der Waals surface area contributed by atoms with Gasteiger partial charge in [-0.05, 0) is 64.0 Å². The highest BCUT2D eigenvalue weighted by Gasteiger charge is 2.31. The standard InChI is InChI=1S/C22H28F3N5O3/c1-15(27-20(31)33-21(2,3)4)13-29-11-9-16(10-12-29)19-26-14-30(28-19)17-5-7-18(8-6-17)32-22(23,24)25/h5-9,14-15H,10-13H2,1-4H3,(H,27,31). The monoisotopic (exact) mass is 467 g/mol. The van der Waals surface area contributed by atoms with Crippen molar-refractivity contribution in [1.82, 2.24) is 25.0 Å². The van der Waals surface area contributed by atoms with Crippen LogP contribution in [0.25, 0.3) is 11.3 Å². The van der Waals surface area contributed by atoms with Crippen molar-refractivity contribution < 1.29 is 27.4 Å². The molecule has 8 nitrogen and oxygen atoms in total. The molecular formula is C22H28F3N5O3. The molecule has 0 bridgehead atoms. The average Bonchev–Trinajstić information content (AvgIpc) is 3.16. The summed E-state index contributed by atoms with van der Waals surface area (Å²) in [6.45, 7) is 9.54. The number of aromatic nitrogens is 3. The molecule has 0 spiro atoms. The number of nitrogens with one attached hydrogen (secondary N) is 1. The van der Waals surface area contributed by atoms with Gasteiger partial charge in [0.25, 0.3) is 0 Å². The lowest BCUT2D eigenvalue weighted by Gasteiger charge is -2.29. The maximum Gasteiger partial charge on any atom is 0.573 e. The molecule has 1 aromatic heterocycles. The van der Waals surface area contributed by atoms with Gasteiger partial charge in [-0.1, -0.05) is 6.08 Å². The lowest BCUT2D eigenvalue weighted by molar-refractivity contribution is -0.274. The van der Waals surface area contributed by atoms with E-state index >= 15 is 0 Å². The lowest BCUT2D eigenvalue weighted by atomic mass is 10.1. The summed E-state index contributed by atoms with van der Waals surface area (Å²) >= 11 is 0. The highest BCUT2D eigenvalue weighted by atomic mass is 19.4. The minimum Gasteiger partial charge on any atom is -0.444 e. The summed E-state index contributed by atoms with van der Waals surface area (Å²) < 4.78 is 47.6. The van der Waals surface area contributed by atoms with Crippen LogP contribution in [0.15, 0.2) is 36.7 Å². The largest absolute Gasteiger partial charge is 0.573 e. The number of nitrogens with zero attached hydrogens (tertiary/aromatic N) is 4. The number of hydrogen-bond acceptors (Lipinski definition) is 6. The van der Waals surface area contributed by atoms with Crippen molar-refractivity contribution in [1.29, 1.82) is 0 Å². The molecule has 1 atom stereocenters. The third-order valence-corrected chi connectivity index (χ3v) is 4.70. The van der Waals surface area contributed by atoms with Gasteiger partial charge < -0.3 is 14.8 Å². The smallest absolute Gasteiger partial charge is 0.444 e. The molecule has 1 amide bonds. The first-order valence-electron chi connectivity index (χ1n) is 10.6. The molecule has 0 radical (unpaired) electrons. The predicted molar refractivity (Wildman–Crippen MR) is 116 cm³/mol. The van der Waals surface area contributed by atoms with Gasteiger partial charge in [0.2, 0.25) is 0 Å². The Labute approximate surface area is 190 Å². The van der Waals surface area contributed by atoms with Crippen molar-refractivity contribution in [2.24, 2.45) is 0 Å². The van der Waals surface area contributed by atoms with Gasteiger partial charge in [-0.15, -0.1) is 18.3 Å². The van der Waals surface area contributed by atoms with Gasteiger partial charge in [-0.2, -0.15) is 0 Å².